The van der Waals surface area contributed by atoms with E-state index < -0.39 is 0 Å². The summed E-state index contributed by atoms with van der Waals surface area (Å²) in [6.45, 7) is 1.48. The molecule has 6 nitrogen and oxygen atoms in total. The van der Waals surface area contributed by atoms with Crippen molar-refractivity contribution in [2.45, 2.75) is 54.3 Å². The fraction of sp³-hybridized carbons (Fsp3) is 0.407. The second-order valence-corrected chi connectivity index (χ2v) is 10.5. The summed E-state index contributed by atoms with van der Waals surface area (Å²) in [5, 5.41) is 23.7. The molecule has 3 aliphatic rings. The summed E-state index contributed by atoms with van der Waals surface area (Å²) >= 11 is 3.73. The lowest BCUT2D eigenvalue weighted by Crippen LogP contribution is -2.41. The van der Waals surface area contributed by atoms with E-state index >= 15 is 0 Å². The van der Waals surface area contributed by atoms with Crippen LogP contribution in [0.5, 0.6) is 5.75 Å². The maximum Gasteiger partial charge on any atom is 0.230 e. The highest BCUT2D eigenvalue weighted by atomic mass is 79.9. The fourth-order valence-electron chi connectivity index (χ4n) is 5.05. The number of carbonyl (C=O) groups excluding carboxylic acids is 1. The van der Waals surface area contributed by atoms with Gasteiger partial charge in [-0.1, -0.05) is 64.5 Å². The minimum atomic E-state index is -0.306. The number of halogens is 1. The van der Waals surface area contributed by atoms with Gasteiger partial charge in [-0.05, 0) is 49.8 Å². The first kappa shape index (κ1) is 23.0. The van der Waals surface area contributed by atoms with E-state index in [9.17, 15) is 9.90 Å². The molecular weight excluding hydrogens is 492 g/mol. The van der Waals surface area contributed by atoms with Gasteiger partial charge in [-0.15, -0.1) is 0 Å². The lowest BCUT2D eigenvalue weighted by Gasteiger charge is -2.35. The van der Waals surface area contributed by atoms with Crippen LogP contribution in [-0.4, -0.2) is 46.2 Å². The molecule has 0 aromatic heterocycles. The third-order valence-corrected chi connectivity index (χ3v) is 8.01. The van der Waals surface area contributed by atoms with Crippen molar-refractivity contribution in [3.8, 4) is 5.75 Å². The van der Waals surface area contributed by atoms with Gasteiger partial charge in [0.05, 0.1) is 16.3 Å². The number of aromatic hydroxyl groups is 1. The summed E-state index contributed by atoms with van der Waals surface area (Å²) in [6, 6.07) is 17.9. The van der Waals surface area contributed by atoms with Gasteiger partial charge in [-0.3, -0.25) is 4.79 Å². The van der Waals surface area contributed by atoms with E-state index in [0.29, 0.717) is 12.3 Å². The predicted octanol–water partition coefficient (Wildman–Crippen LogP) is 4.37. The number of allylic oxidation sites excluding steroid dienone is 1. The van der Waals surface area contributed by atoms with Crippen LogP contribution in [0.4, 0.5) is 0 Å². The second-order valence-electron chi connectivity index (χ2n) is 9.41. The summed E-state index contributed by atoms with van der Waals surface area (Å²) in [5.41, 5.74) is 1.77. The SMILES string of the molecule is O=C(NCCCCNC1=CC(c2ccccc2O)CC2C(Br)C=NN12)C1(c2ccccc2)CC1. The highest BCUT2D eigenvalue weighted by Gasteiger charge is 2.50. The van der Waals surface area contributed by atoms with Gasteiger partial charge < -0.3 is 15.7 Å². The quantitative estimate of drug-likeness (QED) is 0.337. The third-order valence-electron chi connectivity index (χ3n) is 7.16. The number of unbranched alkanes of at least 4 members (excludes halogenated alkanes) is 1. The summed E-state index contributed by atoms with van der Waals surface area (Å²) in [6.07, 6.45) is 8.71. The van der Waals surface area contributed by atoms with Crippen LogP contribution in [0.3, 0.4) is 0 Å². The molecule has 1 saturated carbocycles. The van der Waals surface area contributed by atoms with Crippen molar-refractivity contribution < 1.29 is 9.90 Å². The molecule has 2 aromatic carbocycles. The van der Waals surface area contributed by atoms with Crippen molar-refractivity contribution in [3.05, 3.63) is 77.6 Å². The molecular formula is C27H31BrN4O2. The van der Waals surface area contributed by atoms with Gasteiger partial charge in [0.25, 0.3) is 0 Å². The lowest BCUT2D eigenvalue weighted by atomic mass is 9.87. The molecule has 34 heavy (non-hydrogen) atoms. The number of alkyl halides is 1. The van der Waals surface area contributed by atoms with Crippen LogP contribution in [0.2, 0.25) is 0 Å². The lowest BCUT2D eigenvalue weighted by molar-refractivity contribution is -0.123. The molecule has 0 bridgehead atoms. The Morgan fingerprint density at radius 1 is 1.09 bits per heavy atom. The van der Waals surface area contributed by atoms with Gasteiger partial charge in [0.1, 0.15) is 11.6 Å². The first-order valence-corrected chi connectivity index (χ1v) is 13.0. The maximum absolute atomic E-state index is 12.8. The molecule has 2 aromatic rings. The highest BCUT2D eigenvalue weighted by Crippen LogP contribution is 2.48. The number of rotatable bonds is 9. The van der Waals surface area contributed by atoms with Crippen LogP contribution < -0.4 is 10.6 Å². The normalized spacial score (nSPS) is 24.3. The maximum atomic E-state index is 12.8. The molecule has 1 aliphatic carbocycles. The number of hydrazone groups is 1. The summed E-state index contributed by atoms with van der Waals surface area (Å²) < 4.78 is 0. The number of phenolic OH excluding ortho intramolecular Hbond substituents is 1. The van der Waals surface area contributed by atoms with E-state index in [-0.39, 0.29) is 28.1 Å². The second kappa shape index (κ2) is 9.82. The van der Waals surface area contributed by atoms with Gasteiger partial charge in [-0.2, -0.15) is 5.10 Å². The molecule has 3 unspecified atom stereocenters. The van der Waals surface area contributed by atoms with Gasteiger partial charge >= 0.3 is 0 Å². The third kappa shape index (κ3) is 4.58. The number of phenols is 1. The summed E-state index contributed by atoms with van der Waals surface area (Å²) in [7, 11) is 0. The van der Waals surface area contributed by atoms with Crippen molar-refractivity contribution in [1.82, 2.24) is 15.6 Å². The fourth-order valence-corrected chi connectivity index (χ4v) is 5.59. The summed E-state index contributed by atoms with van der Waals surface area (Å²) in [5.74, 6) is 1.59. The van der Waals surface area contributed by atoms with Crippen molar-refractivity contribution in [2.75, 3.05) is 13.1 Å². The molecule has 7 heteroatoms. The largest absolute Gasteiger partial charge is 0.508 e. The van der Waals surface area contributed by atoms with Crippen molar-refractivity contribution in [1.29, 1.82) is 0 Å². The van der Waals surface area contributed by atoms with Crippen LogP contribution in [-0.2, 0) is 10.2 Å². The Kier molecular flexibility index (Phi) is 6.63. The van der Waals surface area contributed by atoms with Gasteiger partial charge in [0, 0.05) is 30.8 Å². The number of nitrogens with zero attached hydrogens (tertiary/aromatic N) is 2. The standard InChI is InChI=1S/C27H31BrN4O2/c28-22-18-31-32-23(22)16-19(21-10-4-5-11-24(21)33)17-25(32)29-14-6-7-15-30-26(34)27(12-13-27)20-8-2-1-3-9-20/h1-5,8-11,17-19,22-23,29,33H,6-7,12-16H2,(H,30,34). The Labute approximate surface area is 209 Å². The van der Waals surface area contributed by atoms with E-state index in [4.69, 9.17) is 0 Å². The van der Waals surface area contributed by atoms with Gasteiger partial charge in [-0.25, -0.2) is 5.01 Å². The van der Waals surface area contributed by atoms with Crippen molar-refractivity contribution >= 4 is 28.1 Å². The Bertz CT molecular complexity index is 1080. The first-order chi connectivity index (χ1) is 16.6. The van der Waals surface area contributed by atoms with Crippen molar-refractivity contribution in [3.63, 3.8) is 0 Å². The van der Waals surface area contributed by atoms with Crippen LogP contribution >= 0.6 is 15.9 Å². The number of carbonyl (C=O) groups is 1. The van der Waals surface area contributed by atoms with E-state index in [2.05, 4.69) is 49.9 Å². The molecule has 5 rings (SSSR count). The molecule has 2 heterocycles. The van der Waals surface area contributed by atoms with Crippen LogP contribution in [0, 0.1) is 0 Å². The van der Waals surface area contributed by atoms with E-state index in [0.717, 1.165) is 55.6 Å². The van der Waals surface area contributed by atoms with Crippen LogP contribution in [0.15, 0.2) is 71.6 Å². The van der Waals surface area contributed by atoms with Crippen LogP contribution in [0.25, 0.3) is 0 Å². The average molecular weight is 523 g/mol. The number of hydrogen-bond donors (Lipinski definition) is 3. The monoisotopic (exact) mass is 522 g/mol. The van der Waals surface area contributed by atoms with Gasteiger partial charge in [0.15, 0.2) is 0 Å². The molecule has 0 saturated heterocycles. The molecule has 0 radical (unpaired) electrons. The Morgan fingerprint density at radius 2 is 1.82 bits per heavy atom. The van der Waals surface area contributed by atoms with E-state index in [1.807, 2.05) is 47.6 Å². The molecule has 0 spiro atoms. The number of amides is 1. The predicted molar refractivity (Wildman–Crippen MR) is 138 cm³/mol. The average Bonchev–Trinajstić information content (AvgIpc) is 3.60. The zero-order valence-electron chi connectivity index (χ0n) is 19.2. The number of nitrogens with one attached hydrogen (secondary N) is 2. The first-order valence-electron chi connectivity index (χ1n) is 12.1. The Morgan fingerprint density at radius 3 is 2.59 bits per heavy atom. The number of para-hydroxylation sites is 1. The van der Waals surface area contributed by atoms with Crippen molar-refractivity contribution in [2.24, 2.45) is 5.10 Å². The minimum absolute atomic E-state index is 0.124. The Balaban J connectivity index is 1.13. The van der Waals surface area contributed by atoms with Crippen LogP contribution in [0.1, 0.15) is 49.1 Å². The van der Waals surface area contributed by atoms with E-state index in [1.54, 1.807) is 6.07 Å². The number of fused-ring (bicyclic) bond motifs is 1. The summed E-state index contributed by atoms with van der Waals surface area (Å²) in [4.78, 5) is 13.0. The molecule has 1 amide bonds. The smallest absolute Gasteiger partial charge is 0.230 e. The molecule has 178 valence electrons. The number of hydrogen-bond acceptors (Lipinski definition) is 5. The topological polar surface area (TPSA) is 77.0 Å². The molecule has 2 aliphatic heterocycles. The number of benzene rings is 2. The highest BCUT2D eigenvalue weighted by molar-refractivity contribution is 9.10. The Hall–Kier alpha value is -2.80. The molecule has 3 atom stereocenters. The van der Waals surface area contributed by atoms with Gasteiger partial charge in [0.2, 0.25) is 5.91 Å². The van der Waals surface area contributed by atoms with E-state index in [1.165, 1.54) is 0 Å². The zero-order chi connectivity index (χ0) is 23.5. The minimum Gasteiger partial charge on any atom is -0.508 e. The molecule has 1 fully saturated rings. The molecule has 3 N–H and O–H groups in total. The zero-order valence-corrected chi connectivity index (χ0v) is 20.7.